The van der Waals surface area contributed by atoms with E-state index in [9.17, 15) is 9.90 Å². The molecule has 0 bridgehead atoms. The largest absolute Gasteiger partial charge is 0.479 e. The summed E-state index contributed by atoms with van der Waals surface area (Å²) in [5.74, 6) is -0.991. The number of ether oxygens (including phenoxy) is 1. The van der Waals surface area contributed by atoms with Crippen molar-refractivity contribution in [2.75, 3.05) is 0 Å². The van der Waals surface area contributed by atoms with Gasteiger partial charge in [-0.05, 0) is 66.8 Å². The summed E-state index contributed by atoms with van der Waals surface area (Å²) in [4.78, 5) is 12.3. The van der Waals surface area contributed by atoms with Gasteiger partial charge in [-0.2, -0.15) is 0 Å². The Labute approximate surface area is 170 Å². The van der Waals surface area contributed by atoms with Gasteiger partial charge in [0.15, 0.2) is 6.10 Å². The minimum absolute atomic E-state index is 0.600. The van der Waals surface area contributed by atoms with Crippen LogP contribution in [0.15, 0.2) is 54.6 Å². The monoisotopic (exact) mass is 396 g/mol. The third-order valence-corrected chi connectivity index (χ3v) is 4.90. The van der Waals surface area contributed by atoms with E-state index < -0.39 is 17.7 Å². The number of fused-ring (bicyclic) bond motifs is 1. The number of carboxylic acid groups (broad SMARTS) is 1. The van der Waals surface area contributed by atoms with E-state index in [4.69, 9.17) is 16.3 Å². The van der Waals surface area contributed by atoms with Crippen molar-refractivity contribution >= 4 is 28.3 Å². The lowest BCUT2D eigenvalue weighted by Crippen LogP contribution is -2.28. The molecule has 0 spiro atoms. The lowest BCUT2D eigenvalue weighted by atomic mass is 9.86. The zero-order valence-corrected chi connectivity index (χ0v) is 17.4. The molecule has 0 aliphatic heterocycles. The number of carbonyl (C=O) groups is 1. The van der Waals surface area contributed by atoms with E-state index >= 15 is 0 Å². The zero-order chi connectivity index (χ0) is 20.5. The molecule has 4 heteroatoms. The molecule has 0 aromatic heterocycles. The normalized spacial score (nSPS) is 12.9. The van der Waals surface area contributed by atoms with E-state index in [0.717, 1.165) is 27.5 Å². The van der Waals surface area contributed by atoms with Crippen LogP contribution in [0.5, 0.6) is 0 Å². The fraction of sp³-hybridized carbons (Fsp3) is 0.292. The summed E-state index contributed by atoms with van der Waals surface area (Å²) in [7, 11) is 0. The number of benzene rings is 3. The molecule has 3 aromatic carbocycles. The fourth-order valence-electron chi connectivity index (χ4n) is 3.53. The summed E-state index contributed by atoms with van der Waals surface area (Å²) in [6, 6.07) is 17.6. The molecule has 28 heavy (non-hydrogen) atoms. The minimum Gasteiger partial charge on any atom is -0.479 e. The van der Waals surface area contributed by atoms with Crippen molar-refractivity contribution in [3.05, 3.63) is 70.7 Å². The van der Waals surface area contributed by atoms with Gasteiger partial charge in [0, 0.05) is 10.6 Å². The van der Waals surface area contributed by atoms with Crippen molar-refractivity contribution in [1.29, 1.82) is 0 Å². The van der Waals surface area contributed by atoms with Crippen LogP contribution in [-0.4, -0.2) is 16.7 Å². The highest BCUT2D eigenvalue weighted by molar-refractivity contribution is 6.30. The lowest BCUT2D eigenvalue weighted by Gasteiger charge is -2.29. The number of rotatable bonds is 5. The smallest absolute Gasteiger partial charge is 0.337 e. The maximum absolute atomic E-state index is 12.3. The summed E-state index contributed by atoms with van der Waals surface area (Å²) in [5.41, 5.74) is 2.90. The van der Waals surface area contributed by atoms with Gasteiger partial charge in [0.1, 0.15) is 0 Å². The van der Waals surface area contributed by atoms with Crippen LogP contribution in [0.25, 0.3) is 21.9 Å². The lowest BCUT2D eigenvalue weighted by molar-refractivity contribution is -0.160. The first-order chi connectivity index (χ1) is 13.2. The number of carboxylic acids is 1. The molecule has 0 heterocycles. The molecule has 0 fully saturated rings. The van der Waals surface area contributed by atoms with E-state index in [1.54, 1.807) is 0 Å². The average molecular weight is 397 g/mol. The SMILES string of the molecule is CCc1cc2ccccc2c(-c2ccc(Cl)cc2)c1C(OC(C)(C)C)C(=O)O. The Balaban J connectivity index is 2.40. The predicted molar refractivity (Wildman–Crippen MR) is 115 cm³/mol. The third kappa shape index (κ3) is 4.21. The van der Waals surface area contributed by atoms with Crippen molar-refractivity contribution in [1.82, 2.24) is 0 Å². The molecule has 3 rings (SSSR count). The second-order valence-corrected chi connectivity index (χ2v) is 8.29. The first-order valence-corrected chi connectivity index (χ1v) is 9.80. The van der Waals surface area contributed by atoms with Gasteiger partial charge in [-0.25, -0.2) is 4.79 Å². The molecule has 0 radical (unpaired) electrons. The maximum atomic E-state index is 12.3. The zero-order valence-electron chi connectivity index (χ0n) is 16.6. The molecular formula is C24H25ClO3. The Bertz CT molecular complexity index is 1000. The van der Waals surface area contributed by atoms with Crippen molar-refractivity contribution < 1.29 is 14.6 Å². The van der Waals surface area contributed by atoms with Gasteiger partial charge in [-0.1, -0.05) is 61.0 Å². The van der Waals surface area contributed by atoms with Crippen molar-refractivity contribution in [3.8, 4) is 11.1 Å². The van der Waals surface area contributed by atoms with Crippen molar-refractivity contribution in [2.24, 2.45) is 0 Å². The number of aryl methyl sites for hydroxylation is 1. The standard InChI is InChI=1S/C24H25ClO3/c1-5-15-14-17-8-6-7-9-19(17)20(16-10-12-18(25)13-11-16)21(15)22(23(26)27)28-24(2,3)4/h6-14,22H,5H2,1-4H3,(H,26,27). The highest BCUT2D eigenvalue weighted by Gasteiger charge is 2.31. The van der Waals surface area contributed by atoms with Crippen molar-refractivity contribution in [2.45, 2.75) is 45.8 Å². The molecule has 1 atom stereocenters. The molecule has 0 aliphatic rings. The summed E-state index contributed by atoms with van der Waals surface area (Å²) >= 11 is 6.10. The van der Waals surface area contributed by atoms with E-state index in [1.165, 1.54) is 0 Å². The average Bonchev–Trinajstić information content (AvgIpc) is 2.64. The van der Waals surface area contributed by atoms with E-state index in [1.807, 2.05) is 70.2 Å². The van der Waals surface area contributed by atoms with Crippen LogP contribution < -0.4 is 0 Å². The Morgan fingerprint density at radius 3 is 2.32 bits per heavy atom. The van der Waals surface area contributed by atoms with Crippen LogP contribution in [0.4, 0.5) is 0 Å². The molecule has 1 N–H and O–H groups in total. The molecule has 3 nitrogen and oxygen atoms in total. The van der Waals surface area contributed by atoms with Gasteiger partial charge in [0.25, 0.3) is 0 Å². The van der Waals surface area contributed by atoms with E-state index in [-0.39, 0.29) is 0 Å². The molecule has 1 unspecified atom stereocenters. The third-order valence-electron chi connectivity index (χ3n) is 4.65. The minimum atomic E-state index is -1.06. The quantitative estimate of drug-likeness (QED) is 0.524. The van der Waals surface area contributed by atoms with Crippen LogP contribution in [0.1, 0.15) is 44.9 Å². The first kappa shape index (κ1) is 20.4. The van der Waals surface area contributed by atoms with Crippen LogP contribution in [0.2, 0.25) is 5.02 Å². The second kappa shape index (κ2) is 7.94. The van der Waals surface area contributed by atoms with Gasteiger partial charge >= 0.3 is 5.97 Å². The van der Waals surface area contributed by atoms with Gasteiger partial charge in [0.05, 0.1) is 5.60 Å². The molecule has 0 saturated carbocycles. The first-order valence-electron chi connectivity index (χ1n) is 9.42. The van der Waals surface area contributed by atoms with Gasteiger partial charge in [-0.15, -0.1) is 0 Å². The second-order valence-electron chi connectivity index (χ2n) is 7.85. The topological polar surface area (TPSA) is 46.5 Å². The Hall–Kier alpha value is -2.36. The van der Waals surface area contributed by atoms with Gasteiger partial charge in [-0.3, -0.25) is 0 Å². The molecule has 0 saturated heterocycles. The van der Waals surface area contributed by atoms with E-state index in [2.05, 4.69) is 12.1 Å². The van der Waals surface area contributed by atoms with Crippen LogP contribution in [-0.2, 0) is 16.0 Å². The van der Waals surface area contributed by atoms with Crippen LogP contribution in [0.3, 0.4) is 0 Å². The fourth-order valence-corrected chi connectivity index (χ4v) is 3.65. The Morgan fingerprint density at radius 1 is 1.11 bits per heavy atom. The van der Waals surface area contributed by atoms with Crippen molar-refractivity contribution in [3.63, 3.8) is 0 Å². The number of halogens is 1. The molecular weight excluding hydrogens is 372 g/mol. The van der Waals surface area contributed by atoms with Gasteiger partial charge in [0.2, 0.25) is 0 Å². The molecule has 3 aromatic rings. The molecule has 0 amide bonds. The van der Waals surface area contributed by atoms with E-state index in [0.29, 0.717) is 17.0 Å². The molecule has 0 aliphatic carbocycles. The number of aliphatic carboxylic acids is 1. The Kier molecular flexibility index (Phi) is 5.78. The number of hydrogen-bond acceptors (Lipinski definition) is 2. The summed E-state index contributed by atoms with van der Waals surface area (Å²) in [5, 5.41) is 12.8. The summed E-state index contributed by atoms with van der Waals surface area (Å²) in [6.45, 7) is 7.65. The highest BCUT2D eigenvalue weighted by Crippen LogP contribution is 2.41. The predicted octanol–water partition coefficient (Wildman–Crippen LogP) is 6.66. The van der Waals surface area contributed by atoms with Crippen LogP contribution >= 0.6 is 11.6 Å². The molecule has 146 valence electrons. The number of hydrogen-bond donors (Lipinski definition) is 1. The highest BCUT2D eigenvalue weighted by atomic mass is 35.5. The summed E-state index contributed by atoms with van der Waals surface area (Å²) in [6.07, 6.45) is -0.358. The van der Waals surface area contributed by atoms with Crippen LogP contribution in [0, 0.1) is 0 Å². The maximum Gasteiger partial charge on any atom is 0.337 e. The Morgan fingerprint density at radius 2 is 1.75 bits per heavy atom. The van der Waals surface area contributed by atoms with Gasteiger partial charge < -0.3 is 9.84 Å². The summed E-state index contributed by atoms with van der Waals surface area (Å²) < 4.78 is 6.04.